The van der Waals surface area contributed by atoms with Crippen LogP contribution in [0.5, 0.6) is 11.5 Å². The summed E-state index contributed by atoms with van der Waals surface area (Å²) in [6, 6.07) is 15.8. The van der Waals surface area contributed by atoms with Crippen molar-refractivity contribution in [1.82, 2.24) is 10.3 Å². The largest absolute Gasteiger partial charge is 0.493 e. The Morgan fingerprint density at radius 2 is 1.87 bits per heavy atom. The van der Waals surface area contributed by atoms with E-state index in [0.717, 1.165) is 36.0 Å². The first-order valence-corrected chi connectivity index (χ1v) is 10.5. The molecule has 31 heavy (non-hydrogen) atoms. The van der Waals surface area contributed by atoms with E-state index in [0.29, 0.717) is 17.1 Å². The predicted molar refractivity (Wildman–Crippen MR) is 124 cm³/mol. The minimum atomic E-state index is -0.0455. The standard InChI is InChI=1S/C26H30N2O3/c1-18-15-22(10-12-23(18)21-11-13-24(30-3)25(16-21)31-4)26(29)28-19(2)7-5-8-20-9-6-14-27-17-20/h6,9-17,19H,5,7-8H2,1-4H3,(H,28,29)/t19-/m1/s1. The van der Waals surface area contributed by atoms with Crippen molar-refractivity contribution < 1.29 is 14.3 Å². The van der Waals surface area contributed by atoms with Crippen LogP contribution < -0.4 is 14.8 Å². The fraction of sp³-hybridized carbons (Fsp3) is 0.308. The third-order valence-corrected chi connectivity index (χ3v) is 5.39. The number of carbonyl (C=O) groups excluding carboxylic acids is 1. The van der Waals surface area contributed by atoms with Crippen molar-refractivity contribution in [1.29, 1.82) is 0 Å². The zero-order chi connectivity index (χ0) is 22.2. The highest BCUT2D eigenvalue weighted by Gasteiger charge is 2.13. The summed E-state index contributed by atoms with van der Waals surface area (Å²) in [4.78, 5) is 16.9. The Balaban J connectivity index is 1.61. The Morgan fingerprint density at radius 3 is 2.55 bits per heavy atom. The summed E-state index contributed by atoms with van der Waals surface area (Å²) in [6.07, 6.45) is 6.57. The molecule has 3 aromatic rings. The van der Waals surface area contributed by atoms with Crippen molar-refractivity contribution in [2.45, 2.75) is 39.2 Å². The van der Waals surface area contributed by atoms with Crippen LogP contribution in [0.4, 0.5) is 0 Å². The molecule has 1 N–H and O–H groups in total. The van der Waals surface area contributed by atoms with E-state index in [2.05, 4.69) is 16.4 Å². The molecule has 1 atom stereocenters. The number of nitrogens with one attached hydrogen (secondary N) is 1. The molecule has 1 aromatic heterocycles. The number of methoxy groups -OCH3 is 2. The van der Waals surface area contributed by atoms with Crippen LogP contribution in [0.1, 0.15) is 41.3 Å². The highest BCUT2D eigenvalue weighted by atomic mass is 16.5. The van der Waals surface area contributed by atoms with E-state index >= 15 is 0 Å². The molecular formula is C26H30N2O3. The minimum absolute atomic E-state index is 0.0455. The second-order valence-corrected chi connectivity index (χ2v) is 7.73. The summed E-state index contributed by atoms with van der Waals surface area (Å²) in [6.45, 7) is 4.06. The summed E-state index contributed by atoms with van der Waals surface area (Å²) in [5.41, 5.74) is 5.00. The first-order valence-electron chi connectivity index (χ1n) is 10.5. The molecule has 0 spiro atoms. The van der Waals surface area contributed by atoms with Gasteiger partial charge in [0.25, 0.3) is 5.91 Å². The Labute approximate surface area is 184 Å². The highest BCUT2D eigenvalue weighted by Crippen LogP contribution is 2.33. The minimum Gasteiger partial charge on any atom is -0.493 e. The van der Waals surface area contributed by atoms with Crippen LogP contribution in [-0.2, 0) is 6.42 Å². The molecule has 0 aliphatic heterocycles. The maximum Gasteiger partial charge on any atom is 0.251 e. The van der Waals surface area contributed by atoms with Crippen LogP contribution >= 0.6 is 0 Å². The third-order valence-electron chi connectivity index (χ3n) is 5.39. The number of aryl methyl sites for hydroxylation is 2. The zero-order valence-corrected chi connectivity index (χ0v) is 18.6. The van der Waals surface area contributed by atoms with Crippen LogP contribution in [0, 0.1) is 6.92 Å². The van der Waals surface area contributed by atoms with Crippen molar-refractivity contribution in [3.63, 3.8) is 0 Å². The molecule has 0 saturated heterocycles. The highest BCUT2D eigenvalue weighted by molar-refractivity contribution is 5.95. The number of benzene rings is 2. The predicted octanol–water partition coefficient (Wildman–Crippen LogP) is 5.22. The van der Waals surface area contributed by atoms with Gasteiger partial charge in [0.05, 0.1) is 14.2 Å². The van der Waals surface area contributed by atoms with Gasteiger partial charge >= 0.3 is 0 Å². The molecule has 0 aliphatic carbocycles. The van der Waals surface area contributed by atoms with E-state index in [1.807, 2.05) is 62.5 Å². The van der Waals surface area contributed by atoms with Crippen molar-refractivity contribution in [2.75, 3.05) is 14.2 Å². The fourth-order valence-electron chi connectivity index (χ4n) is 3.67. The number of hydrogen-bond donors (Lipinski definition) is 1. The van der Waals surface area contributed by atoms with E-state index in [-0.39, 0.29) is 11.9 Å². The van der Waals surface area contributed by atoms with Gasteiger partial charge in [-0.05, 0) is 85.7 Å². The number of carbonyl (C=O) groups is 1. The van der Waals surface area contributed by atoms with Gasteiger partial charge in [0.15, 0.2) is 11.5 Å². The molecule has 1 amide bonds. The molecule has 1 heterocycles. The van der Waals surface area contributed by atoms with Gasteiger partial charge in [-0.3, -0.25) is 9.78 Å². The third kappa shape index (κ3) is 5.85. The molecule has 0 unspecified atom stereocenters. The smallest absolute Gasteiger partial charge is 0.251 e. The topological polar surface area (TPSA) is 60.5 Å². The van der Waals surface area contributed by atoms with Gasteiger partial charge in [0.2, 0.25) is 0 Å². The average Bonchev–Trinajstić information content (AvgIpc) is 2.79. The molecule has 5 heteroatoms. The van der Waals surface area contributed by atoms with Crippen LogP contribution in [0.2, 0.25) is 0 Å². The van der Waals surface area contributed by atoms with Crippen LogP contribution in [-0.4, -0.2) is 31.2 Å². The lowest BCUT2D eigenvalue weighted by molar-refractivity contribution is 0.0938. The monoisotopic (exact) mass is 418 g/mol. The number of pyridine rings is 1. The Kier molecular flexibility index (Phi) is 7.65. The Hall–Kier alpha value is -3.34. The van der Waals surface area contributed by atoms with Gasteiger partial charge in [-0.25, -0.2) is 0 Å². The van der Waals surface area contributed by atoms with Gasteiger partial charge in [-0.2, -0.15) is 0 Å². The van der Waals surface area contributed by atoms with Gasteiger partial charge in [-0.15, -0.1) is 0 Å². The molecule has 0 aliphatic rings. The lowest BCUT2D eigenvalue weighted by Gasteiger charge is -2.15. The molecular weight excluding hydrogens is 388 g/mol. The number of hydrogen-bond acceptors (Lipinski definition) is 4. The maximum absolute atomic E-state index is 12.7. The van der Waals surface area contributed by atoms with Crippen molar-refractivity contribution in [2.24, 2.45) is 0 Å². The molecule has 0 radical (unpaired) electrons. The van der Waals surface area contributed by atoms with Crippen LogP contribution in [0.3, 0.4) is 0 Å². The summed E-state index contributed by atoms with van der Waals surface area (Å²) in [5, 5.41) is 3.11. The molecule has 3 rings (SSSR count). The molecule has 0 saturated carbocycles. The lowest BCUT2D eigenvalue weighted by atomic mass is 9.97. The molecule has 5 nitrogen and oxygen atoms in total. The SMILES string of the molecule is COc1ccc(-c2ccc(C(=O)N[C@H](C)CCCc3cccnc3)cc2C)cc1OC. The van der Waals surface area contributed by atoms with E-state index in [9.17, 15) is 4.79 Å². The number of aromatic nitrogens is 1. The zero-order valence-electron chi connectivity index (χ0n) is 18.6. The van der Waals surface area contributed by atoms with Gasteiger partial charge < -0.3 is 14.8 Å². The number of nitrogens with zero attached hydrogens (tertiary/aromatic N) is 1. The van der Waals surface area contributed by atoms with Crippen LogP contribution in [0.25, 0.3) is 11.1 Å². The Bertz CT molecular complexity index is 1020. The van der Waals surface area contributed by atoms with Crippen LogP contribution in [0.15, 0.2) is 60.9 Å². The molecule has 2 aromatic carbocycles. The lowest BCUT2D eigenvalue weighted by Crippen LogP contribution is -2.32. The molecule has 162 valence electrons. The quantitative estimate of drug-likeness (QED) is 0.518. The normalized spacial score (nSPS) is 11.6. The summed E-state index contributed by atoms with van der Waals surface area (Å²) in [5.74, 6) is 1.33. The fourth-order valence-corrected chi connectivity index (χ4v) is 3.67. The van der Waals surface area contributed by atoms with Crippen molar-refractivity contribution >= 4 is 5.91 Å². The van der Waals surface area contributed by atoms with E-state index in [1.165, 1.54) is 5.56 Å². The van der Waals surface area contributed by atoms with E-state index in [4.69, 9.17) is 9.47 Å². The number of rotatable bonds is 9. The second-order valence-electron chi connectivity index (χ2n) is 7.73. The van der Waals surface area contributed by atoms with Gasteiger partial charge in [0.1, 0.15) is 0 Å². The summed E-state index contributed by atoms with van der Waals surface area (Å²) >= 11 is 0. The number of ether oxygens (including phenoxy) is 2. The summed E-state index contributed by atoms with van der Waals surface area (Å²) < 4.78 is 10.7. The molecule has 0 fully saturated rings. The van der Waals surface area contributed by atoms with E-state index in [1.54, 1.807) is 20.4 Å². The summed E-state index contributed by atoms with van der Waals surface area (Å²) in [7, 11) is 3.25. The maximum atomic E-state index is 12.7. The van der Waals surface area contributed by atoms with Crippen molar-refractivity contribution in [3.05, 3.63) is 77.6 Å². The average molecular weight is 419 g/mol. The Morgan fingerprint density at radius 1 is 1.06 bits per heavy atom. The van der Waals surface area contributed by atoms with Gasteiger partial charge in [0, 0.05) is 24.0 Å². The number of amides is 1. The first kappa shape index (κ1) is 22.3. The first-order chi connectivity index (χ1) is 15.0. The van der Waals surface area contributed by atoms with Gasteiger partial charge in [-0.1, -0.05) is 18.2 Å². The van der Waals surface area contributed by atoms with E-state index < -0.39 is 0 Å². The van der Waals surface area contributed by atoms with Crippen molar-refractivity contribution in [3.8, 4) is 22.6 Å². The second kappa shape index (κ2) is 10.6. The molecule has 0 bridgehead atoms.